The summed E-state index contributed by atoms with van der Waals surface area (Å²) in [7, 11) is 0. The molecule has 0 unspecified atom stereocenters. The zero-order valence-corrected chi connectivity index (χ0v) is 12.1. The Labute approximate surface area is 123 Å². The molecule has 0 radical (unpaired) electrons. The number of carboxylic acids is 1. The Bertz CT molecular complexity index is 527. The quantitative estimate of drug-likeness (QED) is 0.752. The van der Waals surface area contributed by atoms with Gasteiger partial charge in [-0.3, -0.25) is 9.59 Å². The highest BCUT2D eigenvalue weighted by molar-refractivity contribution is 6.01. The maximum Gasteiger partial charge on any atom is 0.340 e. The van der Waals surface area contributed by atoms with E-state index < -0.39 is 17.9 Å². The molecule has 1 atom stereocenters. The third kappa shape index (κ3) is 5.25. The van der Waals surface area contributed by atoms with Crippen LogP contribution in [0.1, 0.15) is 37.0 Å². The van der Waals surface area contributed by atoms with E-state index >= 15 is 0 Å². The van der Waals surface area contributed by atoms with Crippen LogP contribution in [0.2, 0.25) is 0 Å². The van der Waals surface area contributed by atoms with E-state index in [1.807, 2.05) is 0 Å². The lowest BCUT2D eigenvalue weighted by molar-refractivity contribution is -0.141. The minimum atomic E-state index is -0.935. The molecule has 0 heterocycles. The van der Waals surface area contributed by atoms with E-state index in [4.69, 9.17) is 9.84 Å². The lowest BCUT2D eigenvalue weighted by Crippen LogP contribution is -2.18. The normalized spacial score (nSPS) is 11.5. The number of aliphatic carboxylic acids is 1. The molecule has 0 spiro atoms. The smallest absolute Gasteiger partial charge is 0.340 e. The topological polar surface area (TPSA) is 92.7 Å². The summed E-state index contributed by atoms with van der Waals surface area (Å²) in [4.78, 5) is 34.3. The van der Waals surface area contributed by atoms with Gasteiger partial charge < -0.3 is 15.2 Å². The molecule has 2 N–H and O–H groups in total. The molecule has 6 heteroatoms. The van der Waals surface area contributed by atoms with Crippen molar-refractivity contribution in [3.8, 4) is 0 Å². The standard InChI is InChI=1S/C15H19NO5/c1-3-21-15(20)11-6-4-5-7-12(11)16-13(17)9-8-10(2)14(18)19/h4-7,10H,3,8-9H2,1-2H3,(H,16,17)(H,18,19)/t10-/m0/s1. The molecule has 1 rings (SSSR count). The number of carbonyl (C=O) groups is 3. The minimum Gasteiger partial charge on any atom is -0.481 e. The summed E-state index contributed by atoms with van der Waals surface area (Å²) in [6.07, 6.45) is 0.313. The Hall–Kier alpha value is -2.37. The number of amides is 1. The molecular formula is C15H19NO5. The van der Waals surface area contributed by atoms with Crippen molar-refractivity contribution in [2.45, 2.75) is 26.7 Å². The van der Waals surface area contributed by atoms with Crippen molar-refractivity contribution in [1.29, 1.82) is 0 Å². The Morgan fingerprint density at radius 1 is 1.29 bits per heavy atom. The van der Waals surface area contributed by atoms with Gasteiger partial charge >= 0.3 is 11.9 Å². The first kappa shape index (κ1) is 16.7. The van der Waals surface area contributed by atoms with Crippen LogP contribution < -0.4 is 5.32 Å². The van der Waals surface area contributed by atoms with E-state index in [0.717, 1.165) is 0 Å². The van der Waals surface area contributed by atoms with Crippen LogP contribution in [0, 0.1) is 5.92 Å². The Morgan fingerprint density at radius 3 is 2.57 bits per heavy atom. The summed E-state index contributed by atoms with van der Waals surface area (Å²) in [6, 6.07) is 6.53. The molecule has 114 valence electrons. The first-order valence-electron chi connectivity index (χ1n) is 6.74. The van der Waals surface area contributed by atoms with Crippen molar-refractivity contribution < 1.29 is 24.2 Å². The van der Waals surface area contributed by atoms with Crippen molar-refractivity contribution >= 4 is 23.5 Å². The Kier molecular flexibility index (Phi) is 6.39. The molecule has 0 bridgehead atoms. The first-order chi connectivity index (χ1) is 9.95. The molecule has 6 nitrogen and oxygen atoms in total. The van der Waals surface area contributed by atoms with Gasteiger partial charge in [0.1, 0.15) is 0 Å². The number of hydrogen-bond donors (Lipinski definition) is 2. The number of carboxylic acid groups (broad SMARTS) is 1. The highest BCUT2D eigenvalue weighted by Gasteiger charge is 2.16. The lowest BCUT2D eigenvalue weighted by atomic mass is 10.1. The second kappa shape index (κ2) is 8.04. The van der Waals surface area contributed by atoms with Crippen LogP contribution >= 0.6 is 0 Å². The molecule has 0 saturated heterocycles. The SMILES string of the molecule is CCOC(=O)c1ccccc1NC(=O)CC[C@H](C)C(=O)O. The largest absolute Gasteiger partial charge is 0.481 e. The maximum absolute atomic E-state index is 11.8. The number of para-hydroxylation sites is 1. The summed E-state index contributed by atoms with van der Waals surface area (Å²) in [5.41, 5.74) is 0.642. The van der Waals surface area contributed by atoms with E-state index in [9.17, 15) is 14.4 Å². The lowest BCUT2D eigenvalue weighted by Gasteiger charge is -2.11. The second-order valence-electron chi connectivity index (χ2n) is 4.59. The number of benzene rings is 1. The summed E-state index contributed by atoms with van der Waals surface area (Å²) < 4.78 is 4.91. The molecule has 0 saturated carbocycles. The maximum atomic E-state index is 11.8. The van der Waals surface area contributed by atoms with E-state index in [-0.39, 0.29) is 30.9 Å². The van der Waals surface area contributed by atoms with Crippen LogP contribution in [0.25, 0.3) is 0 Å². The average molecular weight is 293 g/mol. The van der Waals surface area contributed by atoms with Gasteiger partial charge in [-0.15, -0.1) is 0 Å². The number of ether oxygens (including phenoxy) is 1. The van der Waals surface area contributed by atoms with Crippen LogP contribution in [-0.4, -0.2) is 29.6 Å². The molecule has 0 aliphatic rings. The molecule has 0 aliphatic carbocycles. The highest BCUT2D eigenvalue weighted by atomic mass is 16.5. The van der Waals surface area contributed by atoms with Gasteiger partial charge in [0.25, 0.3) is 0 Å². The minimum absolute atomic E-state index is 0.0740. The molecule has 0 aromatic heterocycles. The van der Waals surface area contributed by atoms with Crippen molar-refractivity contribution in [2.75, 3.05) is 11.9 Å². The third-order valence-electron chi connectivity index (χ3n) is 2.92. The van der Waals surface area contributed by atoms with E-state index in [0.29, 0.717) is 5.69 Å². The summed E-state index contributed by atoms with van der Waals surface area (Å²) in [5, 5.41) is 11.4. The van der Waals surface area contributed by atoms with E-state index in [2.05, 4.69) is 5.32 Å². The monoisotopic (exact) mass is 293 g/mol. The molecular weight excluding hydrogens is 274 g/mol. The van der Waals surface area contributed by atoms with E-state index in [1.165, 1.54) is 0 Å². The molecule has 1 aromatic carbocycles. The van der Waals surface area contributed by atoms with Crippen molar-refractivity contribution in [3.05, 3.63) is 29.8 Å². The summed E-state index contributed by atoms with van der Waals surface area (Å²) in [6.45, 7) is 3.49. The van der Waals surface area contributed by atoms with Gasteiger partial charge in [-0.1, -0.05) is 19.1 Å². The number of nitrogens with one attached hydrogen (secondary N) is 1. The summed E-state index contributed by atoms with van der Waals surface area (Å²) >= 11 is 0. The van der Waals surface area contributed by atoms with Gasteiger partial charge in [0.05, 0.1) is 23.8 Å². The number of carbonyl (C=O) groups excluding carboxylic acids is 2. The fourth-order valence-corrected chi connectivity index (χ4v) is 1.66. The Balaban J connectivity index is 2.68. The number of anilines is 1. The molecule has 1 amide bonds. The second-order valence-corrected chi connectivity index (χ2v) is 4.59. The Morgan fingerprint density at radius 2 is 1.95 bits per heavy atom. The first-order valence-corrected chi connectivity index (χ1v) is 6.74. The summed E-state index contributed by atoms with van der Waals surface area (Å²) in [5.74, 6) is -2.36. The third-order valence-corrected chi connectivity index (χ3v) is 2.92. The predicted molar refractivity (Wildman–Crippen MR) is 77.1 cm³/mol. The van der Waals surface area contributed by atoms with Gasteiger partial charge in [0, 0.05) is 6.42 Å². The molecule has 0 aliphatic heterocycles. The van der Waals surface area contributed by atoms with Crippen LogP contribution in [0.5, 0.6) is 0 Å². The zero-order chi connectivity index (χ0) is 15.8. The van der Waals surface area contributed by atoms with Crippen LogP contribution in [0.3, 0.4) is 0 Å². The van der Waals surface area contributed by atoms with Crippen LogP contribution in [0.15, 0.2) is 24.3 Å². The van der Waals surface area contributed by atoms with Gasteiger partial charge in [-0.25, -0.2) is 4.79 Å². The number of rotatable bonds is 7. The zero-order valence-electron chi connectivity index (χ0n) is 12.1. The predicted octanol–water partition coefficient (Wildman–Crippen LogP) is 2.30. The van der Waals surface area contributed by atoms with Gasteiger partial charge in [0.15, 0.2) is 0 Å². The number of hydrogen-bond acceptors (Lipinski definition) is 4. The number of esters is 1. The fourth-order valence-electron chi connectivity index (χ4n) is 1.66. The fraction of sp³-hybridized carbons (Fsp3) is 0.400. The van der Waals surface area contributed by atoms with Crippen molar-refractivity contribution in [3.63, 3.8) is 0 Å². The van der Waals surface area contributed by atoms with Crippen molar-refractivity contribution in [1.82, 2.24) is 0 Å². The molecule has 21 heavy (non-hydrogen) atoms. The van der Waals surface area contributed by atoms with Crippen LogP contribution in [-0.2, 0) is 14.3 Å². The molecule has 0 fully saturated rings. The van der Waals surface area contributed by atoms with Gasteiger partial charge in [-0.05, 0) is 25.5 Å². The van der Waals surface area contributed by atoms with E-state index in [1.54, 1.807) is 38.1 Å². The van der Waals surface area contributed by atoms with Gasteiger partial charge in [0.2, 0.25) is 5.91 Å². The average Bonchev–Trinajstić information content (AvgIpc) is 2.45. The van der Waals surface area contributed by atoms with Crippen LogP contribution in [0.4, 0.5) is 5.69 Å². The molecule has 1 aromatic rings. The highest BCUT2D eigenvalue weighted by Crippen LogP contribution is 2.17. The van der Waals surface area contributed by atoms with Crippen molar-refractivity contribution in [2.24, 2.45) is 5.92 Å². The van der Waals surface area contributed by atoms with Gasteiger partial charge in [-0.2, -0.15) is 0 Å².